The molecular formula is C20H25NO2. The zero-order valence-electron chi connectivity index (χ0n) is 14.5. The smallest absolute Gasteiger partial charge is 0.261 e. The van der Waals surface area contributed by atoms with E-state index in [2.05, 4.69) is 37.4 Å². The molecule has 0 aromatic heterocycles. The Bertz CT molecular complexity index is 694. The van der Waals surface area contributed by atoms with Crippen molar-refractivity contribution in [2.45, 2.75) is 46.8 Å². The summed E-state index contributed by atoms with van der Waals surface area (Å²) < 4.78 is 5.79. The van der Waals surface area contributed by atoms with E-state index in [1.807, 2.05) is 38.1 Å². The van der Waals surface area contributed by atoms with E-state index in [0.29, 0.717) is 0 Å². The van der Waals surface area contributed by atoms with Crippen LogP contribution >= 0.6 is 0 Å². The Morgan fingerprint density at radius 3 is 2.39 bits per heavy atom. The van der Waals surface area contributed by atoms with Gasteiger partial charge in [0.2, 0.25) is 0 Å². The molecular weight excluding hydrogens is 286 g/mol. The number of carbonyl (C=O) groups is 1. The molecule has 0 fully saturated rings. The Labute approximate surface area is 138 Å². The Hall–Kier alpha value is -2.29. The van der Waals surface area contributed by atoms with Crippen LogP contribution in [0.25, 0.3) is 0 Å². The Kier molecular flexibility index (Phi) is 5.43. The quantitative estimate of drug-likeness (QED) is 0.896. The van der Waals surface area contributed by atoms with Gasteiger partial charge in [-0.1, -0.05) is 42.0 Å². The minimum atomic E-state index is -0.538. The Morgan fingerprint density at radius 2 is 1.70 bits per heavy atom. The monoisotopic (exact) mass is 311 g/mol. The van der Waals surface area contributed by atoms with E-state index in [1.165, 1.54) is 11.1 Å². The highest BCUT2D eigenvalue weighted by molar-refractivity contribution is 5.81. The molecule has 122 valence electrons. The predicted molar refractivity (Wildman–Crippen MR) is 93.7 cm³/mol. The minimum absolute atomic E-state index is 0.0506. The van der Waals surface area contributed by atoms with Crippen LogP contribution in [0.1, 0.15) is 42.1 Å². The standard InChI is InChI=1S/C20H25NO2/c1-13-10-11-14(2)18(12-13)16(4)21-20(22)17(5)23-19-9-7-6-8-15(19)3/h6-12,16-17H,1-5H3,(H,21,22)/t16-,17-/m0/s1. The molecule has 0 radical (unpaired) electrons. The summed E-state index contributed by atoms with van der Waals surface area (Å²) in [5.74, 6) is 0.635. The lowest BCUT2D eigenvalue weighted by Crippen LogP contribution is -2.38. The van der Waals surface area contributed by atoms with Gasteiger partial charge in [0, 0.05) is 0 Å². The second-order valence-corrected chi connectivity index (χ2v) is 6.12. The average molecular weight is 311 g/mol. The van der Waals surface area contributed by atoms with Crippen molar-refractivity contribution in [3.05, 3.63) is 64.7 Å². The molecule has 3 nitrogen and oxygen atoms in total. The van der Waals surface area contributed by atoms with E-state index in [1.54, 1.807) is 6.92 Å². The molecule has 1 N–H and O–H groups in total. The molecule has 0 saturated heterocycles. The highest BCUT2D eigenvalue weighted by Crippen LogP contribution is 2.20. The van der Waals surface area contributed by atoms with E-state index in [-0.39, 0.29) is 11.9 Å². The second kappa shape index (κ2) is 7.32. The highest BCUT2D eigenvalue weighted by Gasteiger charge is 2.19. The van der Waals surface area contributed by atoms with Crippen molar-refractivity contribution in [3.8, 4) is 5.75 Å². The molecule has 0 bridgehead atoms. The Balaban J connectivity index is 2.03. The summed E-state index contributed by atoms with van der Waals surface area (Å²) in [6.45, 7) is 9.86. The molecule has 0 heterocycles. The van der Waals surface area contributed by atoms with Crippen LogP contribution in [0.5, 0.6) is 5.75 Å². The highest BCUT2D eigenvalue weighted by atomic mass is 16.5. The summed E-state index contributed by atoms with van der Waals surface area (Å²) in [5.41, 5.74) is 4.53. The average Bonchev–Trinajstić information content (AvgIpc) is 2.51. The SMILES string of the molecule is Cc1ccc(C)c([C@H](C)NC(=O)[C@H](C)Oc2ccccc2C)c1. The molecule has 0 aliphatic heterocycles. The van der Waals surface area contributed by atoms with Gasteiger partial charge in [-0.15, -0.1) is 0 Å². The third-order valence-corrected chi connectivity index (χ3v) is 4.03. The number of carbonyl (C=O) groups excluding carboxylic acids is 1. The molecule has 2 aromatic carbocycles. The van der Waals surface area contributed by atoms with Crippen LogP contribution in [-0.2, 0) is 4.79 Å². The van der Waals surface area contributed by atoms with Crippen molar-refractivity contribution in [3.63, 3.8) is 0 Å². The third kappa shape index (κ3) is 4.35. The van der Waals surface area contributed by atoms with Gasteiger partial charge < -0.3 is 10.1 Å². The van der Waals surface area contributed by atoms with Crippen LogP contribution in [0.3, 0.4) is 0 Å². The lowest BCUT2D eigenvalue weighted by Gasteiger charge is -2.21. The first kappa shape index (κ1) is 17.1. The molecule has 0 aliphatic rings. The van der Waals surface area contributed by atoms with E-state index in [0.717, 1.165) is 16.9 Å². The number of nitrogens with one attached hydrogen (secondary N) is 1. The van der Waals surface area contributed by atoms with Gasteiger partial charge >= 0.3 is 0 Å². The topological polar surface area (TPSA) is 38.3 Å². The minimum Gasteiger partial charge on any atom is -0.481 e. The second-order valence-electron chi connectivity index (χ2n) is 6.12. The maximum Gasteiger partial charge on any atom is 0.261 e. The van der Waals surface area contributed by atoms with Crippen LogP contribution in [0.15, 0.2) is 42.5 Å². The van der Waals surface area contributed by atoms with Gasteiger partial charge in [0.05, 0.1) is 6.04 Å². The molecule has 23 heavy (non-hydrogen) atoms. The molecule has 0 saturated carbocycles. The van der Waals surface area contributed by atoms with Gasteiger partial charge in [0.1, 0.15) is 5.75 Å². The van der Waals surface area contributed by atoms with Crippen LogP contribution in [0, 0.1) is 20.8 Å². The summed E-state index contributed by atoms with van der Waals surface area (Å²) in [4.78, 5) is 12.4. The van der Waals surface area contributed by atoms with Gasteiger partial charge in [0.25, 0.3) is 5.91 Å². The maximum absolute atomic E-state index is 12.4. The number of aryl methyl sites for hydroxylation is 3. The fourth-order valence-electron chi connectivity index (χ4n) is 2.57. The van der Waals surface area contributed by atoms with Crippen LogP contribution in [0.4, 0.5) is 0 Å². The normalized spacial score (nSPS) is 13.3. The molecule has 0 unspecified atom stereocenters. The number of rotatable bonds is 5. The summed E-state index contributed by atoms with van der Waals surface area (Å²) in [5, 5.41) is 3.04. The number of hydrogen-bond acceptors (Lipinski definition) is 2. The van der Waals surface area contributed by atoms with Crippen LogP contribution < -0.4 is 10.1 Å². The zero-order chi connectivity index (χ0) is 17.0. The lowest BCUT2D eigenvalue weighted by atomic mass is 10.00. The van der Waals surface area contributed by atoms with Crippen molar-refractivity contribution in [2.24, 2.45) is 0 Å². The molecule has 3 heteroatoms. The maximum atomic E-state index is 12.4. The largest absolute Gasteiger partial charge is 0.481 e. The summed E-state index contributed by atoms with van der Waals surface area (Å²) in [6.07, 6.45) is -0.538. The van der Waals surface area contributed by atoms with Crippen molar-refractivity contribution in [2.75, 3.05) is 0 Å². The number of para-hydroxylation sites is 1. The van der Waals surface area contributed by atoms with Crippen molar-refractivity contribution < 1.29 is 9.53 Å². The van der Waals surface area contributed by atoms with Crippen LogP contribution in [-0.4, -0.2) is 12.0 Å². The van der Waals surface area contributed by atoms with E-state index >= 15 is 0 Å². The lowest BCUT2D eigenvalue weighted by molar-refractivity contribution is -0.127. The van der Waals surface area contributed by atoms with Gasteiger partial charge in [-0.05, 0) is 57.4 Å². The molecule has 2 rings (SSSR count). The molecule has 1 amide bonds. The van der Waals surface area contributed by atoms with E-state index < -0.39 is 6.10 Å². The first-order chi connectivity index (χ1) is 10.9. The van der Waals surface area contributed by atoms with Gasteiger partial charge in [-0.25, -0.2) is 0 Å². The Morgan fingerprint density at radius 1 is 1.00 bits per heavy atom. The third-order valence-electron chi connectivity index (χ3n) is 4.03. The molecule has 2 atom stereocenters. The summed E-state index contributed by atoms with van der Waals surface area (Å²) >= 11 is 0. The van der Waals surface area contributed by atoms with Crippen molar-refractivity contribution in [1.82, 2.24) is 5.32 Å². The first-order valence-electron chi connectivity index (χ1n) is 7.98. The molecule has 0 spiro atoms. The fourth-order valence-corrected chi connectivity index (χ4v) is 2.57. The van der Waals surface area contributed by atoms with Crippen molar-refractivity contribution in [1.29, 1.82) is 0 Å². The van der Waals surface area contributed by atoms with Gasteiger partial charge in [-0.3, -0.25) is 4.79 Å². The fraction of sp³-hybridized carbons (Fsp3) is 0.350. The van der Waals surface area contributed by atoms with E-state index in [4.69, 9.17) is 4.74 Å². The van der Waals surface area contributed by atoms with Crippen LogP contribution in [0.2, 0.25) is 0 Å². The number of ether oxygens (including phenoxy) is 1. The summed E-state index contributed by atoms with van der Waals surface area (Å²) in [7, 11) is 0. The molecule has 0 aliphatic carbocycles. The first-order valence-corrected chi connectivity index (χ1v) is 7.98. The summed E-state index contributed by atoms with van der Waals surface area (Å²) in [6, 6.07) is 13.9. The van der Waals surface area contributed by atoms with Gasteiger partial charge in [0.15, 0.2) is 6.10 Å². The van der Waals surface area contributed by atoms with Crippen molar-refractivity contribution >= 4 is 5.91 Å². The number of hydrogen-bond donors (Lipinski definition) is 1. The van der Waals surface area contributed by atoms with E-state index in [9.17, 15) is 4.79 Å². The molecule has 2 aromatic rings. The van der Waals surface area contributed by atoms with Gasteiger partial charge in [-0.2, -0.15) is 0 Å². The number of benzene rings is 2. The zero-order valence-corrected chi connectivity index (χ0v) is 14.5. The predicted octanol–water partition coefficient (Wildman–Crippen LogP) is 4.26. The number of amides is 1.